The lowest BCUT2D eigenvalue weighted by atomic mass is 10.1. The van der Waals surface area contributed by atoms with E-state index >= 15 is 0 Å². The van der Waals surface area contributed by atoms with Crippen LogP contribution in [0.2, 0.25) is 0 Å². The van der Waals surface area contributed by atoms with Crippen LogP contribution in [-0.2, 0) is 0 Å². The number of rotatable bonds is 7. The number of methoxy groups -OCH3 is 1. The van der Waals surface area contributed by atoms with Crippen LogP contribution in [0.5, 0.6) is 5.75 Å². The zero-order chi connectivity index (χ0) is 19.2. The van der Waals surface area contributed by atoms with Crippen molar-refractivity contribution in [1.82, 2.24) is 9.88 Å². The van der Waals surface area contributed by atoms with E-state index in [0.717, 1.165) is 51.2 Å². The van der Waals surface area contributed by atoms with Gasteiger partial charge in [0.25, 0.3) is 0 Å². The summed E-state index contributed by atoms with van der Waals surface area (Å²) in [7, 11) is 5.83. The van der Waals surface area contributed by atoms with Crippen molar-refractivity contribution in [3.05, 3.63) is 64.3 Å². The number of aromatic nitrogens is 1. The average Bonchev–Trinajstić information content (AvgIpc) is 2.67. The quantitative estimate of drug-likeness (QED) is 0.567. The van der Waals surface area contributed by atoms with Crippen LogP contribution in [0.25, 0.3) is 23.1 Å². The van der Waals surface area contributed by atoms with E-state index in [0.29, 0.717) is 0 Å². The third kappa shape index (κ3) is 5.31. The zero-order valence-electron chi connectivity index (χ0n) is 15.9. The highest BCUT2D eigenvalue weighted by molar-refractivity contribution is 9.10. The number of pyridine rings is 1. The van der Waals surface area contributed by atoms with E-state index in [2.05, 4.69) is 64.5 Å². The van der Waals surface area contributed by atoms with Gasteiger partial charge < -0.3 is 15.0 Å². The van der Waals surface area contributed by atoms with Gasteiger partial charge >= 0.3 is 0 Å². The van der Waals surface area contributed by atoms with Crippen molar-refractivity contribution >= 4 is 44.7 Å². The summed E-state index contributed by atoms with van der Waals surface area (Å²) < 4.78 is 6.46. The first-order valence-corrected chi connectivity index (χ1v) is 9.65. The van der Waals surface area contributed by atoms with Gasteiger partial charge in [-0.15, -0.1) is 0 Å². The molecule has 0 saturated carbocycles. The van der Waals surface area contributed by atoms with E-state index in [-0.39, 0.29) is 0 Å². The Bertz CT molecular complexity index is 936. The first-order chi connectivity index (χ1) is 13.0. The Labute approximate surface area is 169 Å². The van der Waals surface area contributed by atoms with Gasteiger partial charge in [0, 0.05) is 28.6 Å². The lowest BCUT2D eigenvalue weighted by Gasteiger charge is -2.14. The smallest absolute Gasteiger partial charge is 0.119 e. The Morgan fingerprint density at radius 2 is 1.85 bits per heavy atom. The Kier molecular flexibility index (Phi) is 6.48. The van der Waals surface area contributed by atoms with Crippen molar-refractivity contribution < 1.29 is 4.74 Å². The summed E-state index contributed by atoms with van der Waals surface area (Å²) in [5, 5.41) is 4.60. The van der Waals surface area contributed by atoms with E-state index in [1.807, 2.05) is 36.4 Å². The molecule has 0 radical (unpaired) electrons. The summed E-state index contributed by atoms with van der Waals surface area (Å²) in [6.07, 6.45) is 4.12. The second kappa shape index (κ2) is 9.02. The molecule has 0 saturated heterocycles. The van der Waals surface area contributed by atoms with E-state index in [1.54, 1.807) is 7.11 Å². The molecule has 3 rings (SSSR count). The van der Waals surface area contributed by atoms with Crippen molar-refractivity contribution in [2.24, 2.45) is 0 Å². The number of hydrogen-bond acceptors (Lipinski definition) is 4. The van der Waals surface area contributed by atoms with E-state index in [1.165, 1.54) is 0 Å². The van der Waals surface area contributed by atoms with E-state index in [9.17, 15) is 0 Å². The van der Waals surface area contributed by atoms with Crippen molar-refractivity contribution in [2.75, 3.05) is 39.6 Å². The fourth-order valence-corrected chi connectivity index (χ4v) is 3.02. The molecule has 1 aromatic heterocycles. The van der Waals surface area contributed by atoms with Crippen molar-refractivity contribution in [2.45, 2.75) is 0 Å². The second-order valence-electron chi connectivity index (χ2n) is 6.59. The van der Waals surface area contributed by atoms with Crippen molar-refractivity contribution in [3.63, 3.8) is 0 Å². The molecule has 0 aliphatic rings. The van der Waals surface area contributed by atoms with Crippen LogP contribution in [0, 0.1) is 0 Å². The van der Waals surface area contributed by atoms with Crippen LogP contribution >= 0.6 is 15.9 Å². The number of fused-ring (bicyclic) bond motifs is 1. The molecule has 1 N–H and O–H groups in total. The Morgan fingerprint density at radius 1 is 1.07 bits per heavy atom. The number of nitrogens with one attached hydrogen (secondary N) is 1. The summed E-state index contributed by atoms with van der Waals surface area (Å²) in [5.41, 5.74) is 4.07. The molecule has 4 nitrogen and oxygen atoms in total. The van der Waals surface area contributed by atoms with Gasteiger partial charge in [-0.05, 0) is 62.1 Å². The molecule has 0 atom stereocenters. The Hall–Kier alpha value is -2.37. The molecule has 0 aliphatic carbocycles. The number of likely N-dealkylation sites (N-methyl/N-ethyl adjacent to an activating group) is 1. The molecule has 0 spiro atoms. The maximum atomic E-state index is 5.38. The van der Waals surface area contributed by atoms with Crippen molar-refractivity contribution in [1.29, 1.82) is 0 Å². The molecule has 5 heteroatoms. The van der Waals surface area contributed by atoms with Gasteiger partial charge in [-0.1, -0.05) is 34.1 Å². The second-order valence-corrected chi connectivity index (χ2v) is 7.51. The minimum absolute atomic E-state index is 0.832. The van der Waals surface area contributed by atoms with Crippen LogP contribution in [-0.4, -0.2) is 44.2 Å². The predicted molar refractivity (Wildman–Crippen MR) is 118 cm³/mol. The maximum Gasteiger partial charge on any atom is 0.119 e. The highest BCUT2D eigenvalue weighted by Crippen LogP contribution is 2.28. The topological polar surface area (TPSA) is 37.4 Å². The molecule has 0 fully saturated rings. The largest absolute Gasteiger partial charge is 0.497 e. The van der Waals surface area contributed by atoms with Gasteiger partial charge in [0.15, 0.2) is 0 Å². The van der Waals surface area contributed by atoms with Crippen LogP contribution in [0.4, 0.5) is 5.69 Å². The van der Waals surface area contributed by atoms with Gasteiger partial charge in [-0.3, -0.25) is 0 Å². The molecule has 0 unspecified atom stereocenters. The summed E-state index contributed by atoms with van der Waals surface area (Å²) in [5.74, 6) is 0.832. The Balaban J connectivity index is 1.94. The molecular formula is C22H24BrN3O. The molecule has 0 aliphatic heterocycles. The molecule has 2 aromatic carbocycles. The number of benzene rings is 2. The molecule has 0 bridgehead atoms. The molecule has 3 aromatic rings. The molecule has 1 heterocycles. The number of halogens is 1. The minimum atomic E-state index is 0.832. The molecule has 27 heavy (non-hydrogen) atoms. The van der Waals surface area contributed by atoms with E-state index in [4.69, 9.17) is 9.72 Å². The minimum Gasteiger partial charge on any atom is -0.497 e. The first-order valence-electron chi connectivity index (χ1n) is 8.86. The monoisotopic (exact) mass is 425 g/mol. The van der Waals surface area contributed by atoms with Gasteiger partial charge in [0.1, 0.15) is 5.75 Å². The average molecular weight is 426 g/mol. The SMILES string of the molecule is COc1ccc2nc(/C=C/c3ccc(Br)cc3)cc(NCCN(C)C)c2c1. The van der Waals surface area contributed by atoms with Crippen LogP contribution in [0.3, 0.4) is 0 Å². The third-order valence-electron chi connectivity index (χ3n) is 4.23. The molecular weight excluding hydrogens is 402 g/mol. The normalized spacial score (nSPS) is 11.4. The van der Waals surface area contributed by atoms with Crippen molar-refractivity contribution in [3.8, 4) is 5.75 Å². The van der Waals surface area contributed by atoms with Gasteiger partial charge in [0.2, 0.25) is 0 Å². The van der Waals surface area contributed by atoms with Gasteiger partial charge in [-0.25, -0.2) is 4.98 Å². The zero-order valence-corrected chi connectivity index (χ0v) is 17.5. The maximum absolute atomic E-state index is 5.38. The predicted octanol–water partition coefficient (Wildman–Crippen LogP) is 5.15. The molecule has 140 valence electrons. The van der Waals surface area contributed by atoms with Gasteiger partial charge in [0.05, 0.1) is 18.3 Å². The van der Waals surface area contributed by atoms with E-state index < -0.39 is 0 Å². The summed E-state index contributed by atoms with van der Waals surface area (Å²) in [4.78, 5) is 6.94. The standard InChI is InChI=1S/C22H24BrN3O/c1-26(2)13-12-24-22-14-18(9-6-16-4-7-17(23)8-5-16)25-21-11-10-19(27-3)15-20(21)22/h4-11,14-15H,12-13H2,1-3H3,(H,24,25)/b9-6+. The number of nitrogens with zero attached hydrogens (tertiary/aromatic N) is 2. The highest BCUT2D eigenvalue weighted by atomic mass is 79.9. The molecule has 0 amide bonds. The fraction of sp³-hybridized carbons (Fsp3) is 0.227. The highest BCUT2D eigenvalue weighted by Gasteiger charge is 2.06. The Morgan fingerprint density at radius 3 is 2.56 bits per heavy atom. The third-order valence-corrected chi connectivity index (χ3v) is 4.76. The number of ether oxygens (including phenoxy) is 1. The lowest BCUT2D eigenvalue weighted by molar-refractivity contribution is 0.415. The summed E-state index contributed by atoms with van der Waals surface area (Å²) in [6, 6.07) is 16.3. The van der Waals surface area contributed by atoms with Gasteiger partial charge in [-0.2, -0.15) is 0 Å². The van der Waals surface area contributed by atoms with Crippen LogP contribution in [0.15, 0.2) is 53.0 Å². The van der Waals surface area contributed by atoms with Crippen LogP contribution < -0.4 is 10.1 Å². The van der Waals surface area contributed by atoms with Crippen LogP contribution in [0.1, 0.15) is 11.3 Å². The number of anilines is 1. The first kappa shape index (κ1) is 19.4. The summed E-state index contributed by atoms with van der Waals surface area (Å²) in [6.45, 7) is 1.82. The number of hydrogen-bond donors (Lipinski definition) is 1. The fourth-order valence-electron chi connectivity index (χ4n) is 2.75. The lowest BCUT2D eigenvalue weighted by Crippen LogP contribution is -2.20. The summed E-state index contributed by atoms with van der Waals surface area (Å²) >= 11 is 3.47.